The summed E-state index contributed by atoms with van der Waals surface area (Å²) in [4.78, 5) is 14.5. The summed E-state index contributed by atoms with van der Waals surface area (Å²) in [6, 6.07) is 8.59. The maximum Gasteiger partial charge on any atom is 0.315 e. The van der Waals surface area contributed by atoms with E-state index in [2.05, 4.69) is 61.5 Å². The zero-order valence-electron chi connectivity index (χ0n) is 14.5. The number of rotatable bonds is 5. The van der Waals surface area contributed by atoms with E-state index in [1.807, 2.05) is 0 Å². The number of hydrogen-bond donors (Lipinski definition) is 2. The number of aromatic nitrogens is 3. The van der Waals surface area contributed by atoms with Crippen molar-refractivity contribution in [3.05, 3.63) is 41.5 Å². The van der Waals surface area contributed by atoms with E-state index in [1.54, 1.807) is 0 Å². The maximum absolute atomic E-state index is 12.1. The van der Waals surface area contributed by atoms with E-state index in [1.165, 1.54) is 11.3 Å². The lowest BCUT2D eigenvalue weighted by atomic mass is 10.2. The number of aryl methyl sites for hydroxylation is 1. The molecular formula is C18H24N6O. The number of urea groups is 1. The third-order valence-electron chi connectivity index (χ3n) is 5.11. The molecule has 0 aliphatic carbocycles. The Hall–Kier alpha value is -2.57. The summed E-state index contributed by atoms with van der Waals surface area (Å²) in [5.74, 6) is 1.86. The van der Waals surface area contributed by atoms with Gasteiger partial charge in [0, 0.05) is 37.8 Å². The number of carbonyl (C=O) groups excluding carboxylic acids is 1. The fraction of sp³-hybridized carbons (Fsp3) is 0.500. The smallest absolute Gasteiger partial charge is 0.315 e. The number of para-hydroxylation sites is 1. The summed E-state index contributed by atoms with van der Waals surface area (Å²) in [6.45, 7) is 5.13. The van der Waals surface area contributed by atoms with Crippen LogP contribution in [0.1, 0.15) is 30.6 Å². The van der Waals surface area contributed by atoms with E-state index in [0.717, 1.165) is 44.0 Å². The fourth-order valence-electron chi connectivity index (χ4n) is 3.74. The van der Waals surface area contributed by atoms with Crippen LogP contribution in [0.4, 0.5) is 10.5 Å². The van der Waals surface area contributed by atoms with Gasteiger partial charge in [-0.15, -0.1) is 10.2 Å². The molecular weight excluding hydrogens is 316 g/mol. The number of nitrogens with one attached hydrogen (secondary N) is 2. The fourth-order valence-corrected chi connectivity index (χ4v) is 3.74. The van der Waals surface area contributed by atoms with Gasteiger partial charge in [0.25, 0.3) is 0 Å². The normalized spacial score (nSPS) is 16.4. The summed E-state index contributed by atoms with van der Waals surface area (Å²) in [5.41, 5.74) is 2.68. The highest BCUT2D eigenvalue weighted by Gasteiger charge is 2.23. The Morgan fingerprint density at radius 1 is 1.20 bits per heavy atom. The van der Waals surface area contributed by atoms with E-state index in [4.69, 9.17) is 0 Å². The molecule has 2 aliphatic heterocycles. The van der Waals surface area contributed by atoms with E-state index in [-0.39, 0.29) is 12.1 Å². The zero-order chi connectivity index (χ0) is 17.2. The van der Waals surface area contributed by atoms with Crippen LogP contribution in [0.2, 0.25) is 0 Å². The molecule has 25 heavy (non-hydrogen) atoms. The van der Waals surface area contributed by atoms with Crippen molar-refractivity contribution in [1.29, 1.82) is 0 Å². The molecule has 0 saturated heterocycles. The average Bonchev–Trinajstić information content (AvgIpc) is 3.33. The summed E-state index contributed by atoms with van der Waals surface area (Å²) in [6.07, 6.45) is 3.16. The molecule has 0 unspecified atom stereocenters. The van der Waals surface area contributed by atoms with E-state index in [0.29, 0.717) is 13.1 Å². The van der Waals surface area contributed by atoms with Crippen LogP contribution in [-0.2, 0) is 25.9 Å². The van der Waals surface area contributed by atoms with E-state index < -0.39 is 0 Å². The van der Waals surface area contributed by atoms with Crippen molar-refractivity contribution in [2.75, 3.05) is 18.0 Å². The molecule has 7 nitrogen and oxygen atoms in total. The first-order valence-corrected chi connectivity index (χ1v) is 8.99. The van der Waals surface area contributed by atoms with Crippen LogP contribution in [0.5, 0.6) is 0 Å². The van der Waals surface area contributed by atoms with Gasteiger partial charge in [0.1, 0.15) is 5.82 Å². The molecule has 0 spiro atoms. The second kappa shape index (κ2) is 6.74. The summed E-state index contributed by atoms with van der Waals surface area (Å²) in [5, 5.41) is 14.2. The van der Waals surface area contributed by atoms with Crippen LogP contribution in [0.15, 0.2) is 24.3 Å². The molecule has 2 amide bonds. The Labute approximate surface area is 147 Å². The summed E-state index contributed by atoms with van der Waals surface area (Å²) >= 11 is 0. The van der Waals surface area contributed by atoms with Crippen molar-refractivity contribution in [2.45, 2.75) is 45.3 Å². The minimum Gasteiger partial charge on any atom is -0.366 e. The number of benzene rings is 1. The molecule has 3 heterocycles. The van der Waals surface area contributed by atoms with Crippen LogP contribution in [0.25, 0.3) is 0 Å². The van der Waals surface area contributed by atoms with E-state index in [9.17, 15) is 4.79 Å². The Balaban J connectivity index is 1.26. The molecule has 2 aromatic rings. The predicted octanol–water partition coefficient (Wildman–Crippen LogP) is 1.47. The Morgan fingerprint density at radius 2 is 2.08 bits per heavy atom. The molecule has 1 atom stereocenters. The van der Waals surface area contributed by atoms with Gasteiger partial charge in [-0.2, -0.15) is 0 Å². The van der Waals surface area contributed by atoms with Crippen molar-refractivity contribution in [3.8, 4) is 0 Å². The van der Waals surface area contributed by atoms with Gasteiger partial charge in [-0.05, 0) is 31.4 Å². The summed E-state index contributed by atoms with van der Waals surface area (Å²) < 4.78 is 2.10. The first-order valence-electron chi connectivity index (χ1n) is 8.99. The van der Waals surface area contributed by atoms with Crippen molar-refractivity contribution >= 4 is 11.7 Å². The Morgan fingerprint density at radius 3 is 3.00 bits per heavy atom. The van der Waals surface area contributed by atoms with Crippen molar-refractivity contribution in [3.63, 3.8) is 0 Å². The molecule has 132 valence electrons. The third-order valence-corrected chi connectivity index (χ3v) is 5.11. The van der Waals surface area contributed by atoms with Gasteiger partial charge in [0.15, 0.2) is 5.82 Å². The van der Waals surface area contributed by atoms with E-state index >= 15 is 0 Å². The molecule has 2 aliphatic rings. The zero-order valence-corrected chi connectivity index (χ0v) is 14.5. The highest BCUT2D eigenvalue weighted by molar-refractivity contribution is 5.73. The second-order valence-electron chi connectivity index (χ2n) is 6.77. The summed E-state index contributed by atoms with van der Waals surface area (Å²) in [7, 11) is 0. The lowest BCUT2D eigenvalue weighted by Gasteiger charge is -2.27. The lowest BCUT2D eigenvalue weighted by Crippen LogP contribution is -2.44. The minimum absolute atomic E-state index is 0.158. The standard InChI is InChI=1S/C18H24N6O/c1-13(23-10-8-14-5-2-3-6-15(14)23)11-19-18(25)20-12-17-22-21-16-7-4-9-24(16)17/h2-3,5-6,13H,4,7-12H2,1H3,(H2,19,20,25)/t13-/m0/s1. The maximum atomic E-state index is 12.1. The van der Waals surface area contributed by atoms with Gasteiger partial charge in [-0.25, -0.2) is 4.79 Å². The SMILES string of the molecule is C[C@@H](CNC(=O)NCc1nnc2n1CCC2)N1CCc2ccccc21. The Kier molecular flexibility index (Phi) is 4.29. The predicted molar refractivity (Wildman–Crippen MR) is 95.5 cm³/mol. The second-order valence-corrected chi connectivity index (χ2v) is 6.77. The molecule has 2 N–H and O–H groups in total. The molecule has 4 rings (SSSR count). The van der Waals surface area contributed by atoms with Gasteiger partial charge in [-0.1, -0.05) is 18.2 Å². The monoisotopic (exact) mass is 340 g/mol. The number of amides is 2. The van der Waals surface area contributed by atoms with Crippen LogP contribution >= 0.6 is 0 Å². The molecule has 0 bridgehead atoms. The van der Waals surface area contributed by atoms with Crippen molar-refractivity contribution in [1.82, 2.24) is 25.4 Å². The third kappa shape index (κ3) is 3.18. The number of anilines is 1. The Bertz CT molecular complexity index is 771. The van der Waals surface area contributed by atoms with Crippen molar-refractivity contribution in [2.24, 2.45) is 0 Å². The topological polar surface area (TPSA) is 75.1 Å². The quantitative estimate of drug-likeness (QED) is 0.864. The highest BCUT2D eigenvalue weighted by Crippen LogP contribution is 2.28. The van der Waals surface area contributed by atoms with Crippen LogP contribution in [0, 0.1) is 0 Å². The number of hydrogen-bond acceptors (Lipinski definition) is 4. The molecule has 1 aromatic heterocycles. The van der Waals surface area contributed by atoms with Gasteiger partial charge in [0.05, 0.1) is 6.54 Å². The van der Waals surface area contributed by atoms with Crippen LogP contribution in [0.3, 0.4) is 0 Å². The number of fused-ring (bicyclic) bond motifs is 2. The first-order chi connectivity index (χ1) is 12.2. The van der Waals surface area contributed by atoms with Crippen LogP contribution in [-0.4, -0.2) is 39.9 Å². The van der Waals surface area contributed by atoms with Gasteiger partial charge in [0.2, 0.25) is 0 Å². The van der Waals surface area contributed by atoms with Crippen molar-refractivity contribution < 1.29 is 4.79 Å². The largest absolute Gasteiger partial charge is 0.366 e. The minimum atomic E-state index is -0.158. The molecule has 1 aromatic carbocycles. The number of carbonyl (C=O) groups is 1. The first kappa shape index (κ1) is 15.9. The molecule has 0 radical (unpaired) electrons. The molecule has 0 fully saturated rings. The van der Waals surface area contributed by atoms with Gasteiger partial charge < -0.3 is 20.1 Å². The van der Waals surface area contributed by atoms with Gasteiger partial charge >= 0.3 is 6.03 Å². The lowest BCUT2D eigenvalue weighted by molar-refractivity contribution is 0.239. The highest BCUT2D eigenvalue weighted by atomic mass is 16.2. The van der Waals surface area contributed by atoms with Gasteiger partial charge in [-0.3, -0.25) is 0 Å². The number of nitrogens with zero attached hydrogens (tertiary/aromatic N) is 4. The molecule has 0 saturated carbocycles. The van der Waals surface area contributed by atoms with Crippen LogP contribution < -0.4 is 15.5 Å². The molecule has 7 heteroatoms. The average molecular weight is 340 g/mol.